The van der Waals surface area contributed by atoms with Gasteiger partial charge in [-0.15, -0.1) is 0 Å². The van der Waals surface area contributed by atoms with E-state index in [2.05, 4.69) is 22.2 Å². The Balaban J connectivity index is 2.07. The Morgan fingerprint density at radius 3 is 2.57 bits per heavy atom. The molecule has 0 unspecified atom stereocenters. The van der Waals surface area contributed by atoms with E-state index in [9.17, 15) is 4.79 Å². The minimum atomic E-state index is -0.193. The highest BCUT2D eigenvalue weighted by atomic mass is 16.1. The second kappa shape index (κ2) is 7.72. The largest absolute Gasteiger partial charge is 0.344 e. The number of amides is 1. The van der Waals surface area contributed by atoms with Gasteiger partial charge in [0.15, 0.2) is 0 Å². The Hall–Kier alpha value is -2.43. The summed E-state index contributed by atoms with van der Waals surface area (Å²) in [5.74, 6) is 0.447. The Kier molecular flexibility index (Phi) is 5.68. The average Bonchev–Trinajstić information content (AvgIpc) is 2.56. The maximum atomic E-state index is 12.3. The number of carbonyl (C=O) groups excluding carboxylic acids is 1. The van der Waals surface area contributed by atoms with Crippen molar-refractivity contribution in [1.82, 2.24) is 9.97 Å². The summed E-state index contributed by atoms with van der Waals surface area (Å²) in [5, 5.41) is 2.92. The summed E-state index contributed by atoms with van der Waals surface area (Å²) in [7, 11) is 1.96. The summed E-state index contributed by atoms with van der Waals surface area (Å²) >= 11 is 0. The molecule has 2 rings (SSSR count). The quantitative estimate of drug-likeness (QED) is 0.885. The molecule has 0 atom stereocenters. The first-order valence-corrected chi connectivity index (χ1v) is 7.93. The lowest BCUT2D eigenvalue weighted by molar-refractivity contribution is 0.102. The van der Waals surface area contributed by atoms with E-state index in [4.69, 9.17) is 0 Å². The highest BCUT2D eigenvalue weighted by Gasteiger charge is 2.10. The fourth-order valence-corrected chi connectivity index (χ4v) is 2.20. The van der Waals surface area contributed by atoms with Gasteiger partial charge in [0.2, 0.25) is 5.95 Å². The molecule has 5 nitrogen and oxygen atoms in total. The van der Waals surface area contributed by atoms with Crippen LogP contribution in [0.5, 0.6) is 0 Å². The lowest BCUT2D eigenvalue weighted by Gasteiger charge is -2.16. The van der Waals surface area contributed by atoms with Crippen LogP contribution in [0.25, 0.3) is 0 Å². The first-order chi connectivity index (χ1) is 11.0. The van der Waals surface area contributed by atoms with Crippen LogP contribution >= 0.6 is 0 Å². The zero-order valence-corrected chi connectivity index (χ0v) is 14.3. The summed E-state index contributed by atoms with van der Waals surface area (Å²) in [6.07, 6.45) is 5.37. The first kappa shape index (κ1) is 16.9. The molecule has 1 N–H and O–H groups in total. The van der Waals surface area contributed by atoms with Crippen molar-refractivity contribution in [3.05, 3.63) is 47.3 Å². The number of hydrogen-bond donors (Lipinski definition) is 1. The number of benzene rings is 1. The third-order valence-electron chi connectivity index (χ3n) is 3.73. The van der Waals surface area contributed by atoms with Gasteiger partial charge in [-0.1, -0.05) is 25.5 Å². The molecule has 0 aliphatic rings. The van der Waals surface area contributed by atoms with E-state index in [1.165, 1.54) is 0 Å². The van der Waals surface area contributed by atoms with Crippen LogP contribution in [0, 0.1) is 13.8 Å². The van der Waals surface area contributed by atoms with Crippen LogP contribution in [-0.2, 0) is 0 Å². The van der Waals surface area contributed by atoms with Gasteiger partial charge in [-0.05, 0) is 37.5 Å². The minimum Gasteiger partial charge on any atom is -0.344 e. The normalized spacial score (nSPS) is 10.4. The van der Waals surface area contributed by atoms with Gasteiger partial charge in [0.1, 0.15) is 0 Å². The number of aryl methyl sites for hydroxylation is 2. The second-order valence-electron chi connectivity index (χ2n) is 5.82. The Labute approximate surface area is 137 Å². The molecule has 23 heavy (non-hydrogen) atoms. The molecule has 0 saturated carbocycles. The predicted molar refractivity (Wildman–Crippen MR) is 94.1 cm³/mol. The van der Waals surface area contributed by atoms with Crippen molar-refractivity contribution in [1.29, 1.82) is 0 Å². The summed E-state index contributed by atoms with van der Waals surface area (Å²) in [6, 6.07) is 5.98. The Morgan fingerprint density at radius 2 is 1.91 bits per heavy atom. The van der Waals surface area contributed by atoms with Crippen LogP contribution in [-0.4, -0.2) is 29.5 Å². The Bertz CT molecular complexity index is 667. The molecule has 0 aliphatic heterocycles. The topological polar surface area (TPSA) is 58.1 Å². The number of unbranched alkanes of at least 4 members (excludes halogenated alkanes) is 1. The fraction of sp³-hybridized carbons (Fsp3) is 0.389. The zero-order chi connectivity index (χ0) is 16.8. The van der Waals surface area contributed by atoms with Gasteiger partial charge in [-0.3, -0.25) is 4.79 Å². The van der Waals surface area contributed by atoms with Crippen molar-refractivity contribution in [3.8, 4) is 0 Å². The summed E-state index contributed by atoms with van der Waals surface area (Å²) in [5.41, 5.74) is 3.41. The molecule has 1 amide bonds. The fourth-order valence-electron chi connectivity index (χ4n) is 2.20. The number of anilines is 2. The molecule has 2 aromatic rings. The molecule has 0 spiro atoms. The molecule has 5 heteroatoms. The van der Waals surface area contributed by atoms with E-state index in [1.807, 2.05) is 44.0 Å². The molecule has 1 aromatic heterocycles. The summed E-state index contributed by atoms with van der Waals surface area (Å²) in [6.45, 7) is 7.02. The zero-order valence-electron chi connectivity index (χ0n) is 14.3. The molecule has 0 bridgehead atoms. The maximum Gasteiger partial charge on any atom is 0.258 e. The predicted octanol–water partition coefficient (Wildman–Crippen LogP) is 3.58. The van der Waals surface area contributed by atoms with Crippen LogP contribution in [0.4, 0.5) is 11.6 Å². The third kappa shape index (κ3) is 4.52. The Morgan fingerprint density at radius 1 is 1.22 bits per heavy atom. The van der Waals surface area contributed by atoms with E-state index in [-0.39, 0.29) is 5.91 Å². The highest BCUT2D eigenvalue weighted by Crippen LogP contribution is 2.17. The number of aromatic nitrogens is 2. The SMILES string of the molecule is CCCCN(C)c1ncc(C(=O)Nc2cc(C)ccc2C)cn1. The molecular formula is C18H24N4O. The van der Waals surface area contributed by atoms with Crippen LogP contribution < -0.4 is 10.2 Å². The van der Waals surface area contributed by atoms with Gasteiger partial charge < -0.3 is 10.2 Å². The van der Waals surface area contributed by atoms with Gasteiger partial charge >= 0.3 is 0 Å². The first-order valence-electron chi connectivity index (χ1n) is 7.93. The monoisotopic (exact) mass is 312 g/mol. The van der Waals surface area contributed by atoms with Gasteiger partial charge in [-0.2, -0.15) is 0 Å². The smallest absolute Gasteiger partial charge is 0.258 e. The lowest BCUT2D eigenvalue weighted by atomic mass is 10.1. The van der Waals surface area contributed by atoms with Gasteiger partial charge in [0, 0.05) is 31.7 Å². The molecule has 0 radical (unpaired) electrons. The number of carbonyl (C=O) groups is 1. The van der Waals surface area contributed by atoms with Crippen molar-refractivity contribution in [2.75, 3.05) is 23.8 Å². The van der Waals surface area contributed by atoms with Crippen molar-refractivity contribution in [2.45, 2.75) is 33.6 Å². The van der Waals surface area contributed by atoms with E-state index in [1.54, 1.807) is 12.4 Å². The lowest BCUT2D eigenvalue weighted by Crippen LogP contribution is -2.21. The highest BCUT2D eigenvalue weighted by molar-refractivity contribution is 6.04. The number of hydrogen-bond acceptors (Lipinski definition) is 4. The molecule has 1 aromatic carbocycles. The van der Waals surface area contributed by atoms with Crippen molar-refractivity contribution in [2.24, 2.45) is 0 Å². The minimum absolute atomic E-state index is 0.193. The second-order valence-corrected chi connectivity index (χ2v) is 5.82. The summed E-state index contributed by atoms with van der Waals surface area (Å²) < 4.78 is 0. The van der Waals surface area contributed by atoms with Gasteiger partial charge in [-0.25, -0.2) is 9.97 Å². The maximum absolute atomic E-state index is 12.3. The van der Waals surface area contributed by atoms with Gasteiger partial charge in [0.05, 0.1) is 5.56 Å². The van der Waals surface area contributed by atoms with Crippen molar-refractivity contribution < 1.29 is 4.79 Å². The molecular weight excluding hydrogens is 288 g/mol. The van der Waals surface area contributed by atoms with Crippen molar-refractivity contribution >= 4 is 17.5 Å². The molecule has 0 saturated heterocycles. The average molecular weight is 312 g/mol. The van der Waals surface area contributed by atoms with E-state index in [0.29, 0.717) is 11.5 Å². The molecule has 0 aliphatic carbocycles. The molecule has 122 valence electrons. The van der Waals surface area contributed by atoms with Crippen LogP contribution in [0.3, 0.4) is 0 Å². The molecule has 0 fully saturated rings. The number of nitrogens with one attached hydrogen (secondary N) is 1. The molecule has 1 heterocycles. The third-order valence-corrected chi connectivity index (χ3v) is 3.73. The standard InChI is InChI=1S/C18H24N4O/c1-5-6-9-22(4)18-19-11-15(12-20-18)17(23)21-16-10-13(2)7-8-14(16)3/h7-8,10-12H,5-6,9H2,1-4H3,(H,21,23). The van der Waals surface area contributed by atoms with E-state index >= 15 is 0 Å². The van der Waals surface area contributed by atoms with Crippen LogP contribution in [0.2, 0.25) is 0 Å². The number of nitrogens with zero attached hydrogens (tertiary/aromatic N) is 3. The van der Waals surface area contributed by atoms with Gasteiger partial charge in [0.25, 0.3) is 5.91 Å². The number of rotatable bonds is 6. The van der Waals surface area contributed by atoms with Crippen LogP contribution in [0.1, 0.15) is 41.3 Å². The summed E-state index contributed by atoms with van der Waals surface area (Å²) in [4.78, 5) is 22.9. The van der Waals surface area contributed by atoms with E-state index in [0.717, 1.165) is 36.2 Å². The van der Waals surface area contributed by atoms with E-state index < -0.39 is 0 Å². The van der Waals surface area contributed by atoms with Crippen molar-refractivity contribution in [3.63, 3.8) is 0 Å². The van der Waals surface area contributed by atoms with Crippen LogP contribution in [0.15, 0.2) is 30.6 Å².